The fourth-order valence-electron chi connectivity index (χ4n) is 2.99. The van der Waals surface area contributed by atoms with Gasteiger partial charge in [-0.15, -0.1) is 0 Å². The fourth-order valence-corrected chi connectivity index (χ4v) is 2.99. The third-order valence-electron chi connectivity index (χ3n) is 4.40. The second-order valence-corrected chi connectivity index (χ2v) is 5.88. The molecule has 5 nitrogen and oxygen atoms in total. The average molecular weight is 318 g/mol. The van der Waals surface area contributed by atoms with Crippen LogP contribution in [0.2, 0.25) is 0 Å². The third kappa shape index (κ3) is 4.10. The molecule has 0 bridgehead atoms. The van der Waals surface area contributed by atoms with Crippen LogP contribution in [0.5, 0.6) is 0 Å². The Morgan fingerprint density at radius 1 is 1.30 bits per heavy atom. The number of hydrogen-bond acceptors (Lipinski definition) is 3. The Morgan fingerprint density at radius 2 is 1.96 bits per heavy atom. The number of likely N-dealkylation sites (tertiary alicyclic amines) is 1. The molecule has 0 aliphatic carbocycles. The zero-order valence-corrected chi connectivity index (χ0v) is 14.2. The lowest BCUT2D eigenvalue weighted by Crippen LogP contribution is -2.31. The van der Waals surface area contributed by atoms with Gasteiger partial charge < -0.3 is 15.0 Å². The minimum absolute atomic E-state index is 0.0293. The quantitative estimate of drug-likeness (QED) is 0.839. The number of methoxy groups -OCH3 is 1. The highest BCUT2D eigenvalue weighted by molar-refractivity contribution is 5.98. The summed E-state index contributed by atoms with van der Waals surface area (Å²) >= 11 is 0. The fraction of sp³-hybridized carbons (Fsp3) is 0.556. The van der Waals surface area contributed by atoms with Crippen molar-refractivity contribution in [2.75, 3.05) is 32.1 Å². The summed E-state index contributed by atoms with van der Waals surface area (Å²) in [6.45, 7) is 5.68. The molecule has 1 heterocycles. The number of nitrogens with zero attached hydrogens (tertiary/aromatic N) is 1. The molecule has 5 heteroatoms. The Bertz CT molecular complexity index is 549. The van der Waals surface area contributed by atoms with Crippen LogP contribution in [0, 0.1) is 5.92 Å². The van der Waals surface area contributed by atoms with Crippen LogP contribution in [0.25, 0.3) is 0 Å². The number of anilines is 1. The van der Waals surface area contributed by atoms with E-state index in [0.717, 1.165) is 29.7 Å². The molecule has 1 aliphatic rings. The van der Waals surface area contributed by atoms with Gasteiger partial charge >= 0.3 is 0 Å². The van der Waals surface area contributed by atoms with Gasteiger partial charge in [-0.05, 0) is 24.0 Å². The predicted octanol–water partition coefficient (Wildman–Crippen LogP) is 2.24. The average Bonchev–Trinajstić information content (AvgIpc) is 2.94. The van der Waals surface area contributed by atoms with Crippen molar-refractivity contribution in [3.05, 3.63) is 29.3 Å². The highest BCUT2D eigenvalue weighted by Crippen LogP contribution is 2.25. The molecule has 0 aromatic heterocycles. The number of benzene rings is 1. The lowest BCUT2D eigenvalue weighted by Gasteiger charge is -2.18. The molecule has 1 atom stereocenters. The summed E-state index contributed by atoms with van der Waals surface area (Å²) in [5.74, 6) is -0.315. The maximum absolute atomic E-state index is 12.6. The van der Waals surface area contributed by atoms with Crippen LogP contribution in [-0.4, -0.2) is 43.5 Å². The first kappa shape index (κ1) is 17.5. The number of para-hydroxylation sites is 1. The van der Waals surface area contributed by atoms with E-state index in [4.69, 9.17) is 4.74 Å². The summed E-state index contributed by atoms with van der Waals surface area (Å²) in [7, 11) is 1.61. The molecule has 2 amide bonds. The van der Waals surface area contributed by atoms with Crippen LogP contribution < -0.4 is 5.32 Å². The number of carbonyl (C=O) groups excluding carboxylic acids is 2. The monoisotopic (exact) mass is 318 g/mol. The molecular formula is C18H26N2O3. The van der Waals surface area contributed by atoms with Crippen molar-refractivity contribution in [2.24, 2.45) is 5.92 Å². The summed E-state index contributed by atoms with van der Waals surface area (Å²) in [6, 6.07) is 6.11. The zero-order chi connectivity index (χ0) is 16.8. The number of aryl methyl sites for hydroxylation is 2. The zero-order valence-electron chi connectivity index (χ0n) is 14.2. The van der Waals surface area contributed by atoms with Crippen molar-refractivity contribution >= 4 is 17.5 Å². The normalized spacial score (nSPS) is 17.6. The first-order valence-corrected chi connectivity index (χ1v) is 8.29. The van der Waals surface area contributed by atoms with Crippen molar-refractivity contribution in [3.63, 3.8) is 0 Å². The van der Waals surface area contributed by atoms with Crippen molar-refractivity contribution in [3.8, 4) is 0 Å². The molecule has 23 heavy (non-hydrogen) atoms. The maximum atomic E-state index is 12.6. The van der Waals surface area contributed by atoms with E-state index < -0.39 is 0 Å². The van der Waals surface area contributed by atoms with E-state index in [0.29, 0.717) is 19.7 Å². The molecule has 1 aromatic carbocycles. The van der Waals surface area contributed by atoms with E-state index in [9.17, 15) is 9.59 Å². The molecule has 1 N–H and O–H groups in total. The third-order valence-corrected chi connectivity index (χ3v) is 4.40. The number of ether oxygens (including phenoxy) is 1. The highest BCUT2D eigenvalue weighted by Gasteiger charge is 2.34. The van der Waals surface area contributed by atoms with E-state index in [1.807, 2.05) is 18.2 Å². The Balaban J connectivity index is 2.07. The molecule has 1 fully saturated rings. The van der Waals surface area contributed by atoms with Crippen molar-refractivity contribution in [1.29, 1.82) is 0 Å². The van der Waals surface area contributed by atoms with Gasteiger partial charge in [0.15, 0.2) is 0 Å². The minimum Gasteiger partial charge on any atom is -0.383 e. The summed E-state index contributed by atoms with van der Waals surface area (Å²) in [4.78, 5) is 26.3. The molecule has 1 unspecified atom stereocenters. The molecule has 2 rings (SSSR count). The minimum atomic E-state index is -0.283. The van der Waals surface area contributed by atoms with Gasteiger partial charge in [0.1, 0.15) is 0 Å². The highest BCUT2D eigenvalue weighted by atomic mass is 16.5. The van der Waals surface area contributed by atoms with Crippen molar-refractivity contribution in [2.45, 2.75) is 33.1 Å². The Morgan fingerprint density at radius 3 is 2.52 bits per heavy atom. The lowest BCUT2D eigenvalue weighted by atomic mass is 10.0. The smallest absolute Gasteiger partial charge is 0.229 e. The molecule has 0 spiro atoms. The molecular weight excluding hydrogens is 292 g/mol. The van der Waals surface area contributed by atoms with Crippen LogP contribution >= 0.6 is 0 Å². The topological polar surface area (TPSA) is 58.6 Å². The molecule has 1 aromatic rings. The van der Waals surface area contributed by atoms with E-state index in [1.165, 1.54) is 0 Å². The van der Waals surface area contributed by atoms with Gasteiger partial charge in [0.25, 0.3) is 0 Å². The van der Waals surface area contributed by atoms with Crippen LogP contribution in [0.15, 0.2) is 18.2 Å². The van der Waals surface area contributed by atoms with Gasteiger partial charge in [-0.1, -0.05) is 32.0 Å². The van der Waals surface area contributed by atoms with E-state index in [2.05, 4.69) is 19.2 Å². The first-order chi connectivity index (χ1) is 11.1. The van der Waals surface area contributed by atoms with E-state index in [1.54, 1.807) is 12.0 Å². The van der Waals surface area contributed by atoms with E-state index in [-0.39, 0.29) is 24.2 Å². The number of carbonyl (C=O) groups is 2. The lowest BCUT2D eigenvalue weighted by molar-refractivity contribution is -0.128. The van der Waals surface area contributed by atoms with Crippen molar-refractivity contribution < 1.29 is 14.3 Å². The molecule has 126 valence electrons. The SMILES string of the molecule is CCc1cccc(CC)c1NC(=O)C1CC(=O)N(CCOC)C1. The van der Waals surface area contributed by atoms with Crippen LogP contribution in [0.1, 0.15) is 31.4 Å². The van der Waals surface area contributed by atoms with Gasteiger partial charge in [-0.2, -0.15) is 0 Å². The molecule has 0 radical (unpaired) electrons. The molecule has 1 aliphatic heterocycles. The van der Waals surface area contributed by atoms with Gasteiger partial charge in [0, 0.05) is 32.3 Å². The summed E-state index contributed by atoms with van der Waals surface area (Å²) < 4.78 is 5.01. The second kappa shape index (κ2) is 8.11. The van der Waals surface area contributed by atoms with Crippen LogP contribution in [0.4, 0.5) is 5.69 Å². The first-order valence-electron chi connectivity index (χ1n) is 8.29. The van der Waals surface area contributed by atoms with Gasteiger partial charge in [0.05, 0.1) is 12.5 Å². The standard InChI is InChI=1S/C18H26N2O3/c1-4-13-7-6-8-14(5-2)17(13)19-18(22)15-11-16(21)20(12-15)9-10-23-3/h6-8,15H,4-5,9-12H2,1-3H3,(H,19,22). The van der Waals surface area contributed by atoms with Crippen molar-refractivity contribution in [1.82, 2.24) is 4.90 Å². The number of amides is 2. The predicted molar refractivity (Wildman–Crippen MR) is 90.4 cm³/mol. The van der Waals surface area contributed by atoms with Crippen LogP contribution in [-0.2, 0) is 27.2 Å². The van der Waals surface area contributed by atoms with Gasteiger partial charge in [-0.3, -0.25) is 9.59 Å². The summed E-state index contributed by atoms with van der Waals surface area (Å²) in [5.41, 5.74) is 3.20. The Hall–Kier alpha value is -1.88. The Kier molecular flexibility index (Phi) is 6.16. The molecule has 1 saturated heterocycles. The Labute approximate surface area is 138 Å². The van der Waals surface area contributed by atoms with Gasteiger partial charge in [-0.25, -0.2) is 0 Å². The second-order valence-electron chi connectivity index (χ2n) is 5.88. The number of nitrogens with one attached hydrogen (secondary N) is 1. The van der Waals surface area contributed by atoms with Gasteiger partial charge in [0.2, 0.25) is 11.8 Å². The maximum Gasteiger partial charge on any atom is 0.229 e. The summed E-state index contributed by atoms with van der Waals surface area (Å²) in [6.07, 6.45) is 2.02. The number of hydrogen-bond donors (Lipinski definition) is 1. The largest absolute Gasteiger partial charge is 0.383 e. The summed E-state index contributed by atoms with van der Waals surface area (Å²) in [5, 5.41) is 3.07. The molecule has 0 saturated carbocycles. The van der Waals surface area contributed by atoms with Crippen LogP contribution in [0.3, 0.4) is 0 Å². The van der Waals surface area contributed by atoms with E-state index >= 15 is 0 Å². The number of rotatable bonds is 7.